The van der Waals surface area contributed by atoms with E-state index < -0.39 is 99.0 Å². The summed E-state index contributed by atoms with van der Waals surface area (Å²) in [5, 5.41) is 0. The lowest BCUT2D eigenvalue weighted by Gasteiger charge is -2.29. The fraction of sp³-hybridized carbons (Fsp3) is 0.581. The Balaban J connectivity index is 2.04. The summed E-state index contributed by atoms with van der Waals surface area (Å²) in [4.78, 5) is 12.6. The number of halogens is 7. The molecule has 1 aliphatic rings. The number of hydrogen-bond donors (Lipinski definition) is 0. The third-order valence-corrected chi connectivity index (χ3v) is 9.87. The Labute approximate surface area is 258 Å². The monoisotopic (exact) mass is 669 g/mol. The number of nitrogens with zero attached hydrogens (tertiary/aromatic N) is 1. The van der Waals surface area contributed by atoms with Crippen molar-refractivity contribution in [2.45, 2.75) is 82.3 Å². The minimum Gasteiger partial charge on any atom is -0.492 e. The van der Waals surface area contributed by atoms with Crippen molar-refractivity contribution in [3.63, 3.8) is 0 Å². The maximum atomic E-state index is 15.8. The van der Waals surface area contributed by atoms with Crippen molar-refractivity contribution in [1.82, 2.24) is 0 Å². The van der Waals surface area contributed by atoms with Crippen molar-refractivity contribution >= 4 is 27.2 Å². The van der Waals surface area contributed by atoms with Crippen LogP contribution in [0.2, 0.25) is 0 Å². The molecule has 252 valence electrons. The van der Waals surface area contributed by atoms with E-state index in [1.807, 2.05) is 13.8 Å². The molecule has 0 saturated heterocycles. The zero-order valence-corrected chi connectivity index (χ0v) is 26.3. The van der Waals surface area contributed by atoms with Gasteiger partial charge in [0, 0.05) is 30.6 Å². The number of rotatable bonds is 13. The topological polar surface area (TPSA) is 72.9 Å². The SMILES string of the molecule is CCC(CC)CCOC(=O)[C@H](C)COc1cc2c(cc1C(F)(F)F)N(c1ccc(F)cc1)C[C@@H](CCC(C)(F)F)[C@@H](F)S2(=O)=O. The Morgan fingerprint density at radius 3 is 2.24 bits per heavy atom. The standard InChI is InChI=1S/C31H38F7NO5S/c1-5-20(6-2)12-14-43-29(40)19(3)18-44-26-16-27-25(15-24(26)31(36,37)38)39(23-9-7-22(32)8-10-23)17-21(11-13-30(4,34)35)28(33)45(27,41)42/h7-10,15-16,19-21,28H,5-6,11-14,17-18H2,1-4H3/t19-,21-,28+/m1/s1. The molecule has 0 fully saturated rings. The molecule has 1 heterocycles. The number of fused-ring (bicyclic) bond motifs is 1. The van der Waals surface area contributed by atoms with Gasteiger partial charge < -0.3 is 14.4 Å². The van der Waals surface area contributed by atoms with Gasteiger partial charge in [-0.05, 0) is 62.9 Å². The normalized spacial score (nSPS) is 19.2. The summed E-state index contributed by atoms with van der Waals surface area (Å²) in [5.74, 6) is -7.92. The number of ether oxygens (including phenoxy) is 2. The summed E-state index contributed by atoms with van der Waals surface area (Å²) < 4.78 is 138. The van der Waals surface area contributed by atoms with Crippen molar-refractivity contribution in [3.05, 3.63) is 47.8 Å². The van der Waals surface area contributed by atoms with Gasteiger partial charge in [-0.2, -0.15) is 13.2 Å². The number of anilines is 2. The van der Waals surface area contributed by atoms with Crippen LogP contribution in [0.15, 0.2) is 41.3 Å². The molecule has 45 heavy (non-hydrogen) atoms. The first-order chi connectivity index (χ1) is 20.9. The van der Waals surface area contributed by atoms with Crippen molar-refractivity contribution in [1.29, 1.82) is 0 Å². The summed E-state index contributed by atoms with van der Waals surface area (Å²) in [5.41, 5.74) is -4.73. The summed E-state index contributed by atoms with van der Waals surface area (Å²) in [6.45, 7) is 4.87. The highest BCUT2D eigenvalue weighted by Crippen LogP contribution is 2.47. The average Bonchev–Trinajstić information content (AvgIpc) is 3.04. The second kappa shape index (κ2) is 14.6. The average molecular weight is 670 g/mol. The predicted molar refractivity (Wildman–Crippen MR) is 155 cm³/mol. The summed E-state index contributed by atoms with van der Waals surface area (Å²) >= 11 is 0. The molecule has 3 rings (SSSR count). The molecule has 0 aliphatic carbocycles. The molecule has 3 atom stereocenters. The van der Waals surface area contributed by atoms with Crippen LogP contribution in [0, 0.1) is 23.6 Å². The first-order valence-electron chi connectivity index (χ1n) is 14.7. The summed E-state index contributed by atoms with van der Waals surface area (Å²) in [7, 11) is -5.05. The van der Waals surface area contributed by atoms with Crippen molar-refractivity contribution < 1.29 is 53.4 Å². The lowest BCUT2D eigenvalue weighted by Crippen LogP contribution is -2.32. The van der Waals surface area contributed by atoms with E-state index in [2.05, 4.69) is 0 Å². The fourth-order valence-corrected chi connectivity index (χ4v) is 6.80. The molecule has 0 N–H and O–H groups in total. The molecule has 14 heteroatoms. The van der Waals surface area contributed by atoms with Crippen LogP contribution in [0.1, 0.15) is 65.4 Å². The second-order valence-corrected chi connectivity index (χ2v) is 13.5. The van der Waals surface area contributed by atoms with Crippen LogP contribution >= 0.6 is 0 Å². The van der Waals surface area contributed by atoms with E-state index in [-0.39, 0.29) is 12.3 Å². The molecule has 1 aliphatic heterocycles. The number of benzene rings is 2. The minimum absolute atomic E-state index is 0.0155. The number of hydrogen-bond acceptors (Lipinski definition) is 6. The van der Waals surface area contributed by atoms with E-state index in [0.29, 0.717) is 31.4 Å². The van der Waals surface area contributed by atoms with Crippen LogP contribution in [-0.2, 0) is 25.5 Å². The Morgan fingerprint density at radius 1 is 1.07 bits per heavy atom. The van der Waals surface area contributed by atoms with Crippen molar-refractivity contribution in [3.8, 4) is 5.75 Å². The van der Waals surface area contributed by atoms with Crippen LogP contribution in [0.3, 0.4) is 0 Å². The van der Waals surface area contributed by atoms with Gasteiger partial charge in [0.05, 0.1) is 28.7 Å². The second-order valence-electron chi connectivity index (χ2n) is 11.5. The quantitative estimate of drug-likeness (QED) is 0.157. The van der Waals surface area contributed by atoms with Crippen LogP contribution in [0.25, 0.3) is 0 Å². The van der Waals surface area contributed by atoms with Crippen LogP contribution < -0.4 is 9.64 Å². The lowest BCUT2D eigenvalue weighted by atomic mass is 10.00. The molecule has 6 nitrogen and oxygen atoms in total. The Hall–Kier alpha value is -3.03. The van der Waals surface area contributed by atoms with Gasteiger partial charge in [0.2, 0.25) is 21.3 Å². The van der Waals surface area contributed by atoms with Gasteiger partial charge in [-0.15, -0.1) is 0 Å². The van der Waals surface area contributed by atoms with Gasteiger partial charge in [0.15, 0.2) is 0 Å². The molecule has 2 aromatic carbocycles. The molecule has 0 unspecified atom stereocenters. The van der Waals surface area contributed by atoms with Crippen LogP contribution in [0.5, 0.6) is 5.75 Å². The number of alkyl halides is 6. The molecular formula is C31H38F7NO5S. The van der Waals surface area contributed by atoms with Gasteiger partial charge in [-0.3, -0.25) is 4.79 Å². The maximum absolute atomic E-state index is 15.8. The Bertz CT molecular complexity index is 1410. The zero-order valence-electron chi connectivity index (χ0n) is 25.5. The highest BCUT2D eigenvalue weighted by atomic mass is 32.2. The number of esters is 1. The summed E-state index contributed by atoms with van der Waals surface area (Å²) in [6, 6.07) is 5.29. The molecule has 0 bridgehead atoms. The first-order valence-corrected chi connectivity index (χ1v) is 16.3. The van der Waals surface area contributed by atoms with Gasteiger partial charge in [0.1, 0.15) is 18.2 Å². The third-order valence-electron chi connectivity index (χ3n) is 7.96. The molecule has 0 aromatic heterocycles. The highest BCUT2D eigenvalue weighted by molar-refractivity contribution is 7.92. The van der Waals surface area contributed by atoms with Crippen molar-refractivity contribution in [2.75, 3.05) is 24.7 Å². The Kier molecular flexibility index (Phi) is 11.8. The van der Waals surface area contributed by atoms with Gasteiger partial charge >= 0.3 is 12.1 Å². The van der Waals surface area contributed by atoms with E-state index in [0.717, 1.165) is 42.0 Å². The van der Waals surface area contributed by atoms with E-state index >= 15 is 4.39 Å². The predicted octanol–water partition coefficient (Wildman–Crippen LogP) is 8.50. The third kappa shape index (κ3) is 9.26. The van der Waals surface area contributed by atoms with Crippen LogP contribution in [-0.4, -0.2) is 45.6 Å². The molecule has 0 spiro atoms. The smallest absolute Gasteiger partial charge is 0.420 e. The number of sulfone groups is 1. The molecule has 0 amide bonds. The van der Waals surface area contributed by atoms with E-state index in [1.54, 1.807) is 0 Å². The Morgan fingerprint density at radius 2 is 1.69 bits per heavy atom. The van der Waals surface area contributed by atoms with E-state index in [1.165, 1.54) is 6.92 Å². The van der Waals surface area contributed by atoms with Gasteiger partial charge in [0.25, 0.3) is 0 Å². The summed E-state index contributed by atoms with van der Waals surface area (Å²) in [6.07, 6.45) is -4.20. The lowest BCUT2D eigenvalue weighted by molar-refractivity contribution is -0.149. The first kappa shape index (κ1) is 36.4. The van der Waals surface area contributed by atoms with Crippen LogP contribution in [0.4, 0.5) is 42.1 Å². The van der Waals surface area contributed by atoms with Crippen molar-refractivity contribution in [2.24, 2.45) is 17.8 Å². The molecular weight excluding hydrogens is 631 g/mol. The largest absolute Gasteiger partial charge is 0.492 e. The van der Waals surface area contributed by atoms with E-state index in [4.69, 9.17) is 9.47 Å². The molecule has 2 aromatic rings. The van der Waals surface area contributed by atoms with Gasteiger partial charge in [-0.25, -0.2) is 26.0 Å². The molecule has 0 saturated carbocycles. The number of carbonyl (C=O) groups is 1. The highest BCUT2D eigenvalue weighted by Gasteiger charge is 2.45. The van der Waals surface area contributed by atoms with E-state index in [9.17, 15) is 39.6 Å². The number of carbonyl (C=O) groups excluding carboxylic acids is 1. The fourth-order valence-electron chi connectivity index (χ4n) is 5.09. The minimum atomic E-state index is -5.09. The van der Waals surface area contributed by atoms with Gasteiger partial charge in [-0.1, -0.05) is 26.7 Å². The maximum Gasteiger partial charge on any atom is 0.420 e. The zero-order chi connectivity index (χ0) is 33.7. The molecule has 0 radical (unpaired) electrons.